The summed E-state index contributed by atoms with van der Waals surface area (Å²) in [6.45, 7) is 1.96. The Morgan fingerprint density at radius 2 is 1.71 bits per heavy atom. The van der Waals surface area contributed by atoms with Crippen LogP contribution in [0.1, 0.15) is 0 Å². The Hall–Kier alpha value is -0.750. The average Bonchev–Trinajstić information content (AvgIpc) is 2.06. The minimum absolute atomic E-state index is 0.00250. The predicted octanol–water partition coefficient (Wildman–Crippen LogP) is -0.0463. The van der Waals surface area contributed by atoms with E-state index in [-0.39, 0.29) is 13.1 Å². The zero-order chi connectivity index (χ0) is 10.6. The topological polar surface area (TPSA) is 43.8 Å². The first-order valence-corrected chi connectivity index (χ1v) is 4.52. The summed E-state index contributed by atoms with van der Waals surface area (Å²) < 4.78 is 24.0. The molecule has 1 aliphatic heterocycles. The van der Waals surface area contributed by atoms with Gasteiger partial charge in [0.1, 0.15) is 0 Å². The first-order valence-electron chi connectivity index (χ1n) is 4.52. The van der Waals surface area contributed by atoms with Crippen LogP contribution in [0.5, 0.6) is 0 Å². The van der Waals surface area contributed by atoms with Crippen molar-refractivity contribution in [2.24, 2.45) is 0 Å². The minimum atomic E-state index is -2.30. The van der Waals surface area contributed by atoms with Crippen molar-refractivity contribution in [2.45, 2.75) is 6.43 Å². The fourth-order valence-electron chi connectivity index (χ4n) is 1.52. The Bertz CT molecular complexity index is 194. The molecule has 6 heteroatoms. The monoisotopic (exact) mass is 208 g/mol. The Labute approximate surface area is 81.1 Å². The van der Waals surface area contributed by atoms with E-state index in [0.29, 0.717) is 26.2 Å². The molecule has 0 aromatic heterocycles. The van der Waals surface area contributed by atoms with Crippen LogP contribution in [0.15, 0.2) is 0 Å². The summed E-state index contributed by atoms with van der Waals surface area (Å²) in [4.78, 5) is 13.8. The van der Waals surface area contributed by atoms with Gasteiger partial charge in [0.25, 0.3) is 6.43 Å². The second-order valence-electron chi connectivity index (χ2n) is 3.36. The molecule has 1 heterocycles. The molecule has 1 rings (SSSR count). The molecule has 0 amide bonds. The van der Waals surface area contributed by atoms with E-state index in [4.69, 9.17) is 5.11 Å². The van der Waals surface area contributed by atoms with Gasteiger partial charge in [-0.1, -0.05) is 0 Å². The highest BCUT2D eigenvalue weighted by atomic mass is 19.3. The standard InChI is InChI=1S/C8H14F2N2O2/c9-7(10)5-11-1-3-12(4-2-11)6-8(13)14/h7H,1-6H2,(H,13,14). The van der Waals surface area contributed by atoms with Crippen molar-refractivity contribution in [1.82, 2.24) is 9.80 Å². The van der Waals surface area contributed by atoms with Crippen molar-refractivity contribution in [2.75, 3.05) is 39.3 Å². The number of carboxylic acid groups (broad SMARTS) is 1. The van der Waals surface area contributed by atoms with Crippen LogP contribution in [-0.2, 0) is 4.79 Å². The summed E-state index contributed by atoms with van der Waals surface area (Å²) in [5, 5.41) is 8.50. The summed E-state index contributed by atoms with van der Waals surface area (Å²) in [6, 6.07) is 0. The van der Waals surface area contributed by atoms with Gasteiger partial charge in [-0.05, 0) is 0 Å². The van der Waals surface area contributed by atoms with E-state index >= 15 is 0 Å². The zero-order valence-corrected chi connectivity index (χ0v) is 7.83. The summed E-state index contributed by atoms with van der Waals surface area (Å²) in [5.41, 5.74) is 0. The number of halogens is 2. The molecule has 0 radical (unpaired) electrons. The van der Waals surface area contributed by atoms with Gasteiger partial charge in [0.05, 0.1) is 13.1 Å². The summed E-state index contributed by atoms with van der Waals surface area (Å²) in [7, 11) is 0. The number of piperazine rings is 1. The average molecular weight is 208 g/mol. The van der Waals surface area contributed by atoms with Gasteiger partial charge in [-0.3, -0.25) is 14.6 Å². The largest absolute Gasteiger partial charge is 0.480 e. The SMILES string of the molecule is O=C(O)CN1CCN(CC(F)F)CC1. The Morgan fingerprint density at radius 3 is 2.14 bits per heavy atom. The maximum atomic E-state index is 12.0. The molecular weight excluding hydrogens is 194 g/mol. The van der Waals surface area contributed by atoms with Crippen molar-refractivity contribution in [3.63, 3.8) is 0 Å². The van der Waals surface area contributed by atoms with E-state index in [2.05, 4.69) is 0 Å². The smallest absolute Gasteiger partial charge is 0.317 e. The first kappa shape index (κ1) is 11.3. The third-order valence-electron chi connectivity index (χ3n) is 2.22. The highest BCUT2D eigenvalue weighted by Gasteiger charge is 2.20. The number of alkyl halides is 2. The van der Waals surface area contributed by atoms with Crippen LogP contribution in [-0.4, -0.2) is 66.6 Å². The Balaban J connectivity index is 2.21. The molecule has 0 aliphatic carbocycles. The van der Waals surface area contributed by atoms with Crippen molar-refractivity contribution in [3.8, 4) is 0 Å². The van der Waals surface area contributed by atoms with Crippen LogP contribution in [0.3, 0.4) is 0 Å². The van der Waals surface area contributed by atoms with Crippen molar-refractivity contribution >= 4 is 5.97 Å². The van der Waals surface area contributed by atoms with Crippen LogP contribution in [0.4, 0.5) is 8.78 Å². The highest BCUT2D eigenvalue weighted by Crippen LogP contribution is 2.04. The van der Waals surface area contributed by atoms with E-state index in [1.807, 2.05) is 0 Å². The second-order valence-corrected chi connectivity index (χ2v) is 3.36. The molecule has 0 atom stereocenters. The molecule has 14 heavy (non-hydrogen) atoms. The van der Waals surface area contributed by atoms with E-state index in [9.17, 15) is 13.6 Å². The van der Waals surface area contributed by atoms with Gasteiger partial charge in [0.2, 0.25) is 0 Å². The molecule has 1 fully saturated rings. The number of hydrogen-bond donors (Lipinski definition) is 1. The predicted molar refractivity (Wildman–Crippen MR) is 46.5 cm³/mol. The molecule has 1 saturated heterocycles. The molecule has 0 saturated carbocycles. The quantitative estimate of drug-likeness (QED) is 0.703. The van der Waals surface area contributed by atoms with E-state index in [1.165, 1.54) is 0 Å². The van der Waals surface area contributed by atoms with Crippen molar-refractivity contribution < 1.29 is 18.7 Å². The molecule has 0 bridgehead atoms. The molecule has 0 spiro atoms. The number of nitrogens with zero attached hydrogens (tertiary/aromatic N) is 2. The summed E-state index contributed by atoms with van der Waals surface area (Å²) in [6.07, 6.45) is -2.30. The first-order chi connectivity index (χ1) is 6.58. The van der Waals surface area contributed by atoms with Crippen LogP contribution >= 0.6 is 0 Å². The molecule has 0 aromatic carbocycles. The Kier molecular flexibility index (Phi) is 4.21. The summed E-state index contributed by atoms with van der Waals surface area (Å²) >= 11 is 0. The molecule has 1 N–H and O–H groups in total. The summed E-state index contributed by atoms with van der Waals surface area (Å²) in [5.74, 6) is -0.868. The van der Waals surface area contributed by atoms with E-state index in [0.717, 1.165) is 0 Å². The number of carbonyl (C=O) groups is 1. The van der Waals surface area contributed by atoms with Crippen molar-refractivity contribution in [3.05, 3.63) is 0 Å². The van der Waals surface area contributed by atoms with Crippen LogP contribution < -0.4 is 0 Å². The molecule has 0 aromatic rings. The van der Waals surface area contributed by atoms with Crippen molar-refractivity contribution in [1.29, 1.82) is 0 Å². The van der Waals surface area contributed by atoms with E-state index < -0.39 is 12.4 Å². The normalized spacial score (nSPS) is 20.2. The minimum Gasteiger partial charge on any atom is -0.480 e. The third-order valence-corrected chi connectivity index (χ3v) is 2.22. The van der Waals surface area contributed by atoms with Crippen LogP contribution in [0.25, 0.3) is 0 Å². The maximum Gasteiger partial charge on any atom is 0.317 e. The lowest BCUT2D eigenvalue weighted by Gasteiger charge is -2.33. The highest BCUT2D eigenvalue weighted by molar-refractivity contribution is 5.69. The van der Waals surface area contributed by atoms with Crippen LogP contribution in [0.2, 0.25) is 0 Å². The van der Waals surface area contributed by atoms with Gasteiger partial charge < -0.3 is 5.11 Å². The Morgan fingerprint density at radius 1 is 1.21 bits per heavy atom. The lowest BCUT2D eigenvalue weighted by molar-refractivity contribution is -0.138. The molecule has 0 unspecified atom stereocenters. The number of rotatable bonds is 4. The van der Waals surface area contributed by atoms with Gasteiger partial charge in [-0.15, -0.1) is 0 Å². The number of carboxylic acids is 1. The number of aliphatic carboxylic acids is 1. The fourth-order valence-corrected chi connectivity index (χ4v) is 1.52. The molecule has 82 valence electrons. The lowest BCUT2D eigenvalue weighted by atomic mass is 10.3. The molecular formula is C8H14F2N2O2. The fraction of sp³-hybridized carbons (Fsp3) is 0.875. The van der Waals surface area contributed by atoms with E-state index in [1.54, 1.807) is 9.80 Å². The molecule has 1 aliphatic rings. The zero-order valence-electron chi connectivity index (χ0n) is 7.83. The van der Waals surface area contributed by atoms with Gasteiger partial charge in [0.15, 0.2) is 0 Å². The maximum absolute atomic E-state index is 12.0. The third kappa shape index (κ3) is 3.97. The van der Waals surface area contributed by atoms with Crippen LogP contribution in [0, 0.1) is 0 Å². The van der Waals surface area contributed by atoms with Gasteiger partial charge >= 0.3 is 5.97 Å². The van der Waals surface area contributed by atoms with Gasteiger partial charge in [0, 0.05) is 26.2 Å². The second kappa shape index (κ2) is 5.21. The van der Waals surface area contributed by atoms with Gasteiger partial charge in [-0.25, -0.2) is 8.78 Å². The van der Waals surface area contributed by atoms with Gasteiger partial charge in [-0.2, -0.15) is 0 Å². The number of hydrogen-bond acceptors (Lipinski definition) is 3. The molecule has 4 nitrogen and oxygen atoms in total. The lowest BCUT2D eigenvalue weighted by Crippen LogP contribution is -2.48.